The van der Waals surface area contributed by atoms with Gasteiger partial charge in [-0.2, -0.15) is 0 Å². The molecule has 1 amide bonds. The molecule has 22 heavy (non-hydrogen) atoms. The van der Waals surface area contributed by atoms with Crippen molar-refractivity contribution >= 4 is 21.6 Å². The number of para-hydroxylation sites is 1. The Morgan fingerprint density at radius 3 is 2.14 bits per heavy atom. The lowest BCUT2D eigenvalue weighted by molar-refractivity contribution is -0.123. The van der Waals surface area contributed by atoms with Crippen LogP contribution in [0, 0.1) is 5.92 Å². The van der Waals surface area contributed by atoms with Crippen molar-refractivity contribution in [1.29, 1.82) is 0 Å². The zero-order valence-corrected chi connectivity index (χ0v) is 14.7. The number of anilines is 1. The molecule has 0 fully saturated rings. The predicted molar refractivity (Wildman–Crippen MR) is 90.3 cm³/mol. The third kappa shape index (κ3) is 4.73. The molecular formula is C16H26N2O3S. The molecule has 1 aromatic rings. The smallest absolute Gasteiger partial charge is 0.244 e. The molecule has 124 valence electrons. The Morgan fingerprint density at radius 1 is 1.18 bits per heavy atom. The van der Waals surface area contributed by atoms with E-state index >= 15 is 0 Å². The van der Waals surface area contributed by atoms with Crippen LogP contribution >= 0.6 is 0 Å². The van der Waals surface area contributed by atoms with Crippen LogP contribution in [0.4, 0.5) is 5.69 Å². The van der Waals surface area contributed by atoms with Crippen LogP contribution in [0.5, 0.6) is 0 Å². The van der Waals surface area contributed by atoms with E-state index in [4.69, 9.17) is 0 Å². The third-order valence-corrected chi connectivity index (χ3v) is 4.89. The number of carbonyl (C=O) groups excluding carboxylic acids is 1. The lowest BCUT2D eigenvalue weighted by Gasteiger charge is -2.31. The Labute approximate surface area is 133 Å². The Hall–Kier alpha value is -1.56. The van der Waals surface area contributed by atoms with Gasteiger partial charge in [-0.15, -0.1) is 0 Å². The number of carbonyl (C=O) groups is 1. The van der Waals surface area contributed by atoms with E-state index < -0.39 is 16.1 Å². The first-order chi connectivity index (χ1) is 10.2. The van der Waals surface area contributed by atoms with Gasteiger partial charge in [-0.25, -0.2) is 8.42 Å². The van der Waals surface area contributed by atoms with Crippen LogP contribution in [0.1, 0.15) is 34.1 Å². The highest BCUT2D eigenvalue weighted by atomic mass is 32.2. The summed E-state index contributed by atoms with van der Waals surface area (Å²) in [6.07, 6.45) is 1.53. The van der Waals surface area contributed by atoms with Gasteiger partial charge in [0.15, 0.2) is 0 Å². The van der Waals surface area contributed by atoms with E-state index in [1.807, 2.05) is 33.8 Å². The average Bonchev–Trinajstić information content (AvgIpc) is 2.43. The molecule has 0 aliphatic rings. The van der Waals surface area contributed by atoms with Crippen LogP contribution in [0.2, 0.25) is 0 Å². The second kappa shape index (κ2) is 7.63. The standard InChI is InChI=1S/C16H26N2O3S/c1-6-15(16(19)17-13(4)12(2)3)18(22(5,20)21)14-10-8-7-9-11-14/h7-13,15H,6H2,1-5H3,(H,17,19)/t13-,15+/m0/s1. The van der Waals surface area contributed by atoms with Crippen LogP contribution in [0.25, 0.3) is 0 Å². The zero-order chi connectivity index (χ0) is 16.9. The van der Waals surface area contributed by atoms with E-state index in [1.54, 1.807) is 24.3 Å². The number of benzene rings is 1. The first-order valence-corrected chi connectivity index (χ1v) is 9.38. The van der Waals surface area contributed by atoms with Crippen molar-refractivity contribution in [2.75, 3.05) is 10.6 Å². The molecule has 0 radical (unpaired) electrons. The van der Waals surface area contributed by atoms with Crippen LogP contribution < -0.4 is 9.62 Å². The molecule has 0 unspecified atom stereocenters. The summed E-state index contributed by atoms with van der Waals surface area (Å²) in [4.78, 5) is 12.5. The van der Waals surface area contributed by atoms with Crippen molar-refractivity contribution in [3.63, 3.8) is 0 Å². The number of nitrogens with zero attached hydrogens (tertiary/aromatic N) is 1. The normalized spacial score (nSPS) is 14.5. The number of hydrogen-bond donors (Lipinski definition) is 1. The fourth-order valence-corrected chi connectivity index (χ4v) is 3.33. The number of rotatable bonds is 7. The van der Waals surface area contributed by atoms with Crippen LogP contribution in [-0.4, -0.2) is 32.7 Å². The van der Waals surface area contributed by atoms with E-state index in [2.05, 4.69) is 5.32 Å². The van der Waals surface area contributed by atoms with Crippen molar-refractivity contribution in [3.8, 4) is 0 Å². The van der Waals surface area contributed by atoms with Gasteiger partial charge in [-0.1, -0.05) is 39.0 Å². The molecule has 0 saturated heterocycles. The summed E-state index contributed by atoms with van der Waals surface area (Å²) in [6, 6.07) is 7.96. The van der Waals surface area contributed by atoms with Gasteiger partial charge in [0.2, 0.25) is 15.9 Å². The van der Waals surface area contributed by atoms with Crippen molar-refractivity contribution < 1.29 is 13.2 Å². The summed E-state index contributed by atoms with van der Waals surface area (Å²) in [5.74, 6) is 0.0165. The second-order valence-corrected chi connectivity index (χ2v) is 7.72. The van der Waals surface area contributed by atoms with E-state index in [1.165, 1.54) is 4.31 Å². The molecule has 0 bridgehead atoms. The Morgan fingerprint density at radius 2 is 1.73 bits per heavy atom. The van der Waals surface area contributed by atoms with Gasteiger partial charge in [0.05, 0.1) is 11.9 Å². The van der Waals surface area contributed by atoms with E-state index in [0.717, 1.165) is 6.26 Å². The molecule has 2 atom stereocenters. The van der Waals surface area contributed by atoms with Crippen molar-refractivity contribution in [2.24, 2.45) is 5.92 Å². The fraction of sp³-hybridized carbons (Fsp3) is 0.562. The molecule has 1 rings (SSSR count). The zero-order valence-electron chi connectivity index (χ0n) is 13.9. The lowest BCUT2D eigenvalue weighted by Crippen LogP contribution is -2.51. The van der Waals surface area contributed by atoms with Gasteiger partial charge in [-0.05, 0) is 31.4 Å². The van der Waals surface area contributed by atoms with Crippen molar-refractivity contribution in [3.05, 3.63) is 30.3 Å². The molecule has 6 heteroatoms. The van der Waals surface area contributed by atoms with Gasteiger partial charge >= 0.3 is 0 Å². The monoisotopic (exact) mass is 326 g/mol. The minimum atomic E-state index is -3.56. The first-order valence-electron chi connectivity index (χ1n) is 7.53. The van der Waals surface area contributed by atoms with Gasteiger partial charge in [0.1, 0.15) is 6.04 Å². The topological polar surface area (TPSA) is 66.5 Å². The minimum Gasteiger partial charge on any atom is -0.352 e. The highest BCUT2D eigenvalue weighted by Gasteiger charge is 2.32. The summed E-state index contributed by atoms with van der Waals surface area (Å²) >= 11 is 0. The maximum Gasteiger partial charge on any atom is 0.244 e. The van der Waals surface area contributed by atoms with E-state index in [9.17, 15) is 13.2 Å². The van der Waals surface area contributed by atoms with Gasteiger partial charge in [0.25, 0.3) is 0 Å². The molecule has 1 aromatic carbocycles. The summed E-state index contributed by atoms with van der Waals surface area (Å²) < 4.78 is 25.6. The molecule has 0 aliphatic heterocycles. The average molecular weight is 326 g/mol. The largest absolute Gasteiger partial charge is 0.352 e. The number of hydrogen-bond acceptors (Lipinski definition) is 3. The highest BCUT2D eigenvalue weighted by molar-refractivity contribution is 7.92. The van der Waals surface area contributed by atoms with Gasteiger partial charge < -0.3 is 5.32 Å². The Kier molecular flexibility index (Phi) is 6.41. The number of nitrogens with one attached hydrogen (secondary N) is 1. The van der Waals surface area contributed by atoms with Crippen molar-refractivity contribution in [1.82, 2.24) is 5.32 Å². The maximum absolute atomic E-state index is 12.5. The highest BCUT2D eigenvalue weighted by Crippen LogP contribution is 2.22. The molecule has 0 aliphatic carbocycles. The summed E-state index contributed by atoms with van der Waals surface area (Å²) in [5.41, 5.74) is 0.504. The van der Waals surface area contributed by atoms with E-state index in [0.29, 0.717) is 12.1 Å². The minimum absolute atomic E-state index is 0.0151. The SMILES string of the molecule is CC[C@H](C(=O)N[C@@H](C)C(C)C)N(c1ccccc1)S(C)(=O)=O. The lowest BCUT2D eigenvalue weighted by atomic mass is 10.1. The molecule has 0 heterocycles. The molecule has 1 N–H and O–H groups in total. The molecule has 0 saturated carbocycles. The quantitative estimate of drug-likeness (QED) is 0.836. The number of amides is 1. The Bertz CT molecular complexity index is 585. The molecular weight excluding hydrogens is 300 g/mol. The maximum atomic E-state index is 12.5. The number of sulfonamides is 1. The summed E-state index contributed by atoms with van der Waals surface area (Å²) in [6.45, 7) is 7.75. The Balaban J connectivity index is 3.14. The summed E-state index contributed by atoms with van der Waals surface area (Å²) in [7, 11) is -3.56. The van der Waals surface area contributed by atoms with E-state index in [-0.39, 0.29) is 17.9 Å². The van der Waals surface area contributed by atoms with Crippen LogP contribution in [0.15, 0.2) is 30.3 Å². The molecule has 5 nitrogen and oxygen atoms in total. The molecule has 0 spiro atoms. The van der Waals surface area contributed by atoms with Crippen molar-refractivity contribution in [2.45, 2.75) is 46.2 Å². The fourth-order valence-electron chi connectivity index (χ4n) is 2.12. The van der Waals surface area contributed by atoms with Gasteiger partial charge in [-0.3, -0.25) is 9.10 Å². The third-order valence-electron chi connectivity index (χ3n) is 3.71. The summed E-state index contributed by atoms with van der Waals surface area (Å²) in [5, 5.41) is 2.91. The second-order valence-electron chi connectivity index (χ2n) is 5.86. The molecule has 0 aromatic heterocycles. The van der Waals surface area contributed by atoms with Crippen LogP contribution in [-0.2, 0) is 14.8 Å². The van der Waals surface area contributed by atoms with Crippen LogP contribution in [0.3, 0.4) is 0 Å². The first kappa shape index (κ1) is 18.5. The predicted octanol–water partition coefficient (Wildman–Crippen LogP) is 2.39. The van der Waals surface area contributed by atoms with Gasteiger partial charge in [0, 0.05) is 6.04 Å².